The Hall–Kier alpha value is -4.22. The lowest BCUT2D eigenvalue weighted by Gasteiger charge is -2.29. The number of alkyl halides is 3. The number of allylic oxidation sites excluding steroid dienone is 1. The molecule has 2 aromatic heterocycles. The number of anilines is 1. The van der Waals surface area contributed by atoms with Crippen molar-refractivity contribution in [1.29, 1.82) is 5.41 Å². The van der Waals surface area contributed by atoms with E-state index in [2.05, 4.69) is 30.6 Å². The van der Waals surface area contributed by atoms with Gasteiger partial charge in [0.25, 0.3) is 0 Å². The summed E-state index contributed by atoms with van der Waals surface area (Å²) in [7, 11) is 1.54. The number of methoxy groups -OCH3 is 1. The molecular formula is C27H29F3N8O. The minimum atomic E-state index is -4.44. The van der Waals surface area contributed by atoms with Crippen LogP contribution in [0.25, 0.3) is 11.4 Å². The maximum atomic E-state index is 13.3. The Labute approximate surface area is 224 Å². The Kier molecular flexibility index (Phi) is 7.11. The molecule has 0 bridgehead atoms. The molecule has 1 fully saturated rings. The molecule has 39 heavy (non-hydrogen) atoms. The molecule has 1 saturated carbocycles. The van der Waals surface area contributed by atoms with Gasteiger partial charge in [0.2, 0.25) is 5.88 Å². The topological polar surface area (TPSA) is 112 Å². The summed E-state index contributed by atoms with van der Waals surface area (Å²) in [6.45, 7) is 4.09. The van der Waals surface area contributed by atoms with Crippen LogP contribution in [0.2, 0.25) is 0 Å². The van der Waals surface area contributed by atoms with Crippen molar-refractivity contribution in [3.63, 3.8) is 0 Å². The molecule has 1 atom stereocenters. The predicted molar refractivity (Wildman–Crippen MR) is 140 cm³/mol. The zero-order valence-electron chi connectivity index (χ0n) is 21.8. The molecule has 204 valence electrons. The van der Waals surface area contributed by atoms with Gasteiger partial charge in [0.05, 0.1) is 18.4 Å². The number of aromatic nitrogens is 4. The molecule has 3 aromatic rings. The van der Waals surface area contributed by atoms with Crippen LogP contribution in [-0.2, 0) is 6.54 Å². The maximum absolute atomic E-state index is 13.3. The number of nitrogens with one attached hydrogen (secondary N) is 3. The van der Waals surface area contributed by atoms with E-state index in [0.717, 1.165) is 35.9 Å². The molecule has 0 spiro atoms. The van der Waals surface area contributed by atoms with Crippen molar-refractivity contribution in [3.8, 4) is 17.3 Å². The van der Waals surface area contributed by atoms with Gasteiger partial charge in [-0.3, -0.25) is 0 Å². The molecule has 1 aromatic carbocycles. The quantitative estimate of drug-likeness (QED) is 0.321. The molecule has 12 heteroatoms. The van der Waals surface area contributed by atoms with E-state index < -0.39 is 18.0 Å². The summed E-state index contributed by atoms with van der Waals surface area (Å²) in [4.78, 5) is 19.5. The Balaban J connectivity index is 1.35. The second-order valence-corrected chi connectivity index (χ2v) is 9.78. The zero-order valence-corrected chi connectivity index (χ0v) is 21.8. The van der Waals surface area contributed by atoms with E-state index in [1.165, 1.54) is 12.5 Å². The average molecular weight is 539 g/mol. The van der Waals surface area contributed by atoms with Crippen molar-refractivity contribution in [1.82, 2.24) is 30.2 Å². The van der Waals surface area contributed by atoms with E-state index in [1.54, 1.807) is 18.2 Å². The van der Waals surface area contributed by atoms with Gasteiger partial charge in [-0.15, -0.1) is 0 Å². The number of ether oxygens (including phenoxy) is 1. The molecule has 2 aliphatic rings. The van der Waals surface area contributed by atoms with Gasteiger partial charge in [0.15, 0.2) is 5.82 Å². The molecule has 0 saturated heterocycles. The molecule has 0 amide bonds. The number of nitrogens with zero attached hydrogens (tertiary/aromatic N) is 5. The fourth-order valence-electron chi connectivity index (χ4n) is 4.52. The highest BCUT2D eigenvalue weighted by molar-refractivity contribution is 5.84. The molecule has 9 nitrogen and oxygen atoms in total. The second kappa shape index (κ2) is 10.5. The van der Waals surface area contributed by atoms with Crippen LogP contribution in [0.3, 0.4) is 0 Å². The van der Waals surface area contributed by atoms with Gasteiger partial charge in [-0.05, 0) is 37.8 Å². The Morgan fingerprint density at radius 1 is 1.18 bits per heavy atom. The second-order valence-electron chi connectivity index (χ2n) is 9.78. The van der Waals surface area contributed by atoms with Crippen molar-refractivity contribution < 1.29 is 17.9 Å². The van der Waals surface area contributed by atoms with Gasteiger partial charge >= 0.3 is 6.18 Å². The summed E-state index contributed by atoms with van der Waals surface area (Å²) >= 11 is 0. The molecule has 3 N–H and O–H groups in total. The third kappa shape index (κ3) is 5.50. The van der Waals surface area contributed by atoms with Gasteiger partial charge in [0.1, 0.15) is 29.6 Å². The average Bonchev–Trinajstić information content (AvgIpc) is 3.67. The van der Waals surface area contributed by atoms with Gasteiger partial charge < -0.3 is 25.7 Å². The lowest BCUT2D eigenvalue weighted by Crippen LogP contribution is -2.33. The van der Waals surface area contributed by atoms with Gasteiger partial charge in [0, 0.05) is 37.1 Å². The van der Waals surface area contributed by atoms with Crippen LogP contribution in [0.4, 0.5) is 19.0 Å². The van der Waals surface area contributed by atoms with E-state index in [-0.39, 0.29) is 6.04 Å². The van der Waals surface area contributed by atoms with E-state index in [0.29, 0.717) is 41.1 Å². The molecule has 0 radical (unpaired) electrons. The zero-order chi connectivity index (χ0) is 27.7. The summed E-state index contributed by atoms with van der Waals surface area (Å²) in [6.07, 6.45) is 2.38. The van der Waals surface area contributed by atoms with Crippen molar-refractivity contribution in [2.45, 2.75) is 57.5 Å². The highest BCUT2D eigenvalue weighted by Crippen LogP contribution is 2.45. The van der Waals surface area contributed by atoms with Crippen LogP contribution in [0.15, 0.2) is 48.7 Å². The van der Waals surface area contributed by atoms with Crippen LogP contribution in [-0.4, -0.2) is 50.4 Å². The van der Waals surface area contributed by atoms with Crippen LogP contribution < -0.4 is 15.4 Å². The first-order chi connectivity index (χ1) is 18.7. The van der Waals surface area contributed by atoms with Crippen LogP contribution in [0.1, 0.15) is 61.2 Å². The van der Waals surface area contributed by atoms with E-state index in [9.17, 15) is 13.2 Å². The smallest absolute Gasteiger partial charge is 0.432 e. The summed E-state index contributed by atoms with van der Waals surface area (Å²) in [6, 6.07) is 7.23. The number of benzene rings is 1. The highest BCUT2D eigenvalue weighted by Gasteiger charge is 2.41. The van der Waals surface area contributed by atoms with Crippen LogP contribution in [0, 0.1) is 5.41 Å². The fourth-order valence-corrected chi connectivity index (χ4v) is 4.52. The molecular weight excluding hydrogens is 509 g/mol. The van der Waals surface area contributed by atoms with E-state index in [1.807, 2.05) is 38.1 Å². The van der Waals surface area contributed by atoms with Gasteiger partial charge in [-0.1, -0.05) is 24.3 Å². The Bertz CT molecular complexity index is 1390. The maximum Gasteiger partial charge on any atom is 0.432 e. The number of halogens is 3. The number of rotatable bonds is 9. The largest absolute Gasteiger partial charge is 0.480 e. The van der Waals surface area contributed by atoms with Crippen molar-refractivity contribution in [3.05, 3.63) is 71.1 Å². The predicted octanol–water partition coefficient (Wildman–Crippen LogP) is 5.15. The Morgan fingerprint density at radius 3 is 2.54 bits per heavy atom. The van der Waals surface area contributed by atoms with Crippen molar-refractivity contribution >= 4 is 12.0 Å². The molecule has 5 rings (SSSR count). The third-order valence-electron chi connectivity index (χ3n) is 6.72. The first kappa shape index (κ1) is 26.4. The molecule has 1 unspecified atom stereocenters. The lowest BCUT2D eigenvalue weighted by atomic mass is 10.1. The first-order valence-electron chi connectivity index (χ1n) is 12.6. The molecule has 1 aliphatic heterocycles. The van der Waals surface area contributed by atoms with E-state index >= 15 is 0 Å². The molecule has 1 aliphatic carbocycles. The van der Waals surface area contributed by atoms with E-state index in [4.69, 9.17) is 10.1 Å². The summed E-state index contributed by atoms with van der Waals surface area (Å²) in [5.74, 6) is 1.59. The van der Waals surface area contributed by atoms with Crippen molar-refractivity contribution in [2.24, 2.45) is 0 Å². The minimum Gasteiger partial charge on any atom is -0.480 e. The minimum absolute atomic E-state index is 0.121. The lowest BCUT2D eigenvalue weighted by molar-refractivity contribution is -0.0963. The van der Waals surface area contributed by atoms with Crippen LogP contribution >= 0.6 is 0 Å². The standard InChI is InChI=1S/C27H29F3N8O/c1-15(2)38-13-20(27(28,29)30)36-25(38)18-6-4-16(5-7-18)11-32-23-19(10-31)12-33-24(37-23)21-22(17-8-9-17)34-14-35-26(21)39-3/h4-7,10,12-15,17,25,31,36H,8-9,11H2,1-3H3,(H,32,33,37). The monoisotopic (exact) mass is 538 g/mol. The molecule has 3 heterocycles. The summed E-state index contributed by atoms with van der Waals surface area (Å²) in [5.41, 5.74) is 2.87. The van der Waals surface area contributed by atoms with Gasteiger partial charge in [-0.25, -0.2) is 19.9 Å². The number of hydrogen-bond acceptors (Lipinski definition) is 9. The normalized spacial score (nSPS) is 17.2. The SMILES string of the molecule is COc1ncnc(C2CC2)c1-c1ncc(C=N)c(NCc2ccc(C3NC(C(F)(F)F)=CN3C(C)C)cc2)n1. The summed E-state index contributed by atoms with van der Waals surface area (Å²) in [5, 5.41) is 13.7. The number of hydrogen-bond donors (Lipinski definition) is 3. The summed E-state index contributed by atoms with van der Waals surface area (Å²) < 4.78 is 45.4. The van der Waals surface area contributed by atoms with Crippen molar-refractivity contribution in [2.75, 3.05) is 12.4 Å². The highest BCUT2D eigenvalue weighted by atomic mass is 19.4. The third-order valence-corrected chi connectivity index (χ3v) is 6.72. The van der Waals surface area contributed by atoms with Crippen LogP contribution in [0.5, 0.6) is 5.88 Å². The first-order valence-corrected chi connectivity index (χ1v) is 12.6. The Morgan fingerprint density at radius 2 is 1.92 bits per heavy atom. The fraction of sp³-hybridized carbons (Fsp3) is 0.370. The van der Waals surface area contributed by atoms with Gasteiger partial charge in [-0.2, -0.15) is 13.2 Å².